The van der Waals surface area contributed by atoms with Crippen molar-refractivity contribution in [2.75, 3.05) is 0 Å². The zero-order valence-corrected chi connectivity index (χ0v) is 8.06. The van der Waals surface area contributed by atoms with Crippen molar-refractivity contribution in [2.45, 2.75) is 13.3 Å². The SMILES string of the molecule is CCc1ccc(C#N)c2sncc12. The summed E-state index contributed by atoms with van der Waals surface area (Å²) in [5, 5.41) is 9.98. The van der Waals surface area contributed by atoms with Crippen LogP contribution in [0.4, 0.5) is 0 Å². The molecule has 0 unspecified atom stereocenters. The molecule has 1 aromatic carbocycles. The lowest BCUT2D eigenvalue weighted by molar-refractivity contribution is 1.16. The van der Waals surface area contributed by atoms with Crippen LogP contribution in [-0.2, 0) is 6.42 Å². The van der Waals surface area contributed by atoms with Gasteiger partial charge in [-0.05, 0) is 29.6 Å². The zero-order chi connectivity index (χ0) is 9.26. The van der Waals surface area contributed by atoms with Crippen molar-refractivity contribution in [3.8, 4) is 6.07 Å². The molecule has 2 rings (SSSR count). The molecule has 0 amide bonds. The molecule has 0 saturated carbocycles. The highest BCUT2D eigenvalue weighted by Crippen LogP contribution is 2.25. The third-order valence-electron chi connectivity index (χ3n) is 2.11. The Hall–Kier alpha value is -1.40. The molecule has 0 radical (unpaired) electrons. The Labute approximate surface area is 80.6 Å². The van der Waals surface area contributed by atoms with E-state index in [1.807, 2.05) is 18.3 Å². The summed E-state index contributed by atoms with van der Waals surface area (Å²) in [5.41, 5.74) is 2.00. The second-order valence-electron chi connectivity index (χ2n) is 2.81. The lowest BCUT2D eigenvalue weighted by Crippen LogP contribution is -1.82. The number of hydrogen-bond acceptors (Lipinski definition) is 3. The molecule has 0 atom stereocenters. The molecule has 0 bridgehead atoms. The third-order valence-corrected chi connectivity index (χ3v) is 2.95. The summed E-state index contributed by atoms with van der Waals surface area (Å²) in [6, 6.07) is 6.06. The number of hydrogen-bond donors (Lipinski definition) is 0. The van der Waals surface area contributed by atoms with Gasteiger partial charge in [0.05, 0.1) is 10.3 Å². The van der Waals surface area contributed by atoms with Gasteiger partial charge in [0.2, 0.25) is 0 Å². The highest BCUT2D eigenvalue weighted by molar-refractivity contribution is 7.13. The van der Waals surface area contributed by atoms with Crippen LogP contribution in [0.1, 0.15) is 18.1 Å². The number of nitriles is 1. The summed E-state index contributed by atoms with van der Waals surface area (Å²) in [7, 11) is 0. The smallest absolute Gasteiger partial charge is 0.101 e. The van der Waals surface area contributed by atoms with Crippen LogP contribution in [0.2, 0.25) is 0 Å². The van der Waals surface area contributed by atoms with Crippen LogP contribution in [0.5, 0.6) is 0 Å². The first-order valence-electron chi connectivity index (χ1n) is 4.13. The van der Waals surface area contributed by atoms with Crippen molar-refractivity contribution in [3.63, 3.8) is 0 Å². The van der Waals surface area contributed by atoms with Crippen molar-refractivity contribution in [1.29, 1.82) is 5.26 Å². The van der Waals surface area contributed by atoms with Gasteiger partial charge in [0.1, 0.15) is 6.07 Å². The monoisotopic (exact) mass is 188 g/mol. The fraction of sp³-hybridized carbons (Fsp3) is 0.200. The maximum atomic E-state index is 8.85. The summed E-state index contributed by atoms with van der Waals surface area (Å²) in [5.74, 6) is 0. The van der Waals surface area contributed by atoms with E-state index in [1.54, 1.807) is 0 Å². The van der Waals surface area contributed by atoms with E-state index >= 15 is 0 Å². The number of rotatable bonds is 1. The van der Waals surface area contributed by atoms with Gasteiger partial charge in [0.15, 0.2) is 0 Å². The first kappa shape index (κ1) is 8.21. The summed E-state index contributed by atoms with van der Waals surface area (Å²) in [6.07, 6.45) is 2.83. The van der Waals surface area contributed by atoms with Gasteiger partial charge in [0, 0.05) is 11.6 Å². The molecule has 2 aromatic rings. The fourth-order valence-corrected chi connectivity index (χ4v) is 2.17. The fourth-order valence-electron chi connectivity index (χ4n) is 1.41. The van der Waals surface area contributed by atoms with E-state index in [1.165, 1.54) is 17.1 Å². The average molecular weight is 188 g/mol. The van der Waals surface area contributed by atoms with Crippen LogP contribution in [0.25, 0.3) is 10.1 Å². The van der Waals surface area contributed by atoms with Gasteiger partial charge in [-0.2, -0.15) is 9.64 Å². The van der Waals surface area contributed by atoms with Gasteiger partial charge in [-0.15, -0.1) is 0 Å². The maximum absolute atomic E-state index is 8.85. The molecule has 0 spiro atoms. The van der Waals surface area contributed by atoms with Crippen molar-refractivity contribution in [2.24, 2.45) is 0 Å². The molecule has 0 fully saturated rings. The van der Waals surface area contributed by atoms with E-state index in [0.29, 0.717) is 0 Å². The van der Waals surface area contributed by atoms with E-state index < -0.39 is 0 Å². The molecule has 0 aliphatic carbocycles. The van der Waals surface area contributed by atoms with Gasteiger partial charge >= 0.3 is 0 Å². The van der Waals surface area contributed by atoms with Crippen LogP contribution < -0.4 is 0 Å². The molecule has 0 saturated heterocycles. The van der Waals surface area contributed by atoms with Crippen molar-refractivity contribution in [1.82, 2.24) is 4.37 Å². The molecule has 0 N–H and O–H groups in total. The quantitative estimate of drug-likeness (QED) is 0.690. The van der Waals surface area contributed by atoms with Gasteiger partial charge in [-0.25, -0.2) is 0 Å². The Balaban J connectivity index is 2.83. The molecule has 0 aliphatic heterocycles. The highest BCUT2D eigenvalue weighted by atomic mass is 32.1. The number of aromatic nitrogens is 1. The molecule has 1 heterocycles. The van der Waals surface area contributed by atoms with Crippen LogP contribution >= 0.6 is 11.5 Å². The van der Waals surface area contributed by atoms with E-state index in [0.717, 1.165) is 22.1 Å². The largest absolute Gasteiger partial charge is 0.200 e. The van der Waals surface area contributed by atoms with Crippen LogP contribution in [0.3, 0.4) is 0 Å². The van der Waals surface area contributed by atoms with Crippen LogP contribution in [-0.4, -0.2) is 4.37 Å². The maximum Gasteiger partial charge on any atom is 0.101 e. The van der Waals surface area contributed by atoms with E-state index in [2.05, 4.69) is 17.4 Å². The molecular formula is C10H8N2S. The second-order valence-corrected chi connectivity index (χ2v) is 3.61. The highest BCUT2D eigenvalue weighted by Gasteiger charge is 2.06. The molecular weight excluding hydrogens is 180 g/mol. The van der Waals surface area contributed by atoms with Crippen molar-refractivity contribution < 1.29 is 0 Å². The Morgan fingerprint density at radius 2 is 2.38 bits per heavy atom. The third kappa shape index (κ3) is 1.20. The standard InChI is InChI=1S/C10H8N2S/c1-2-7-3-4-8(5-11)10-9(7)6-12-13-10/h3-4,6H,2H2,1H3. The topological polar surface area (TPSA) is 36.7 Å². The molecule has 3 heteroatoms. The first-order chi connectivity index (χ1) is 6.36. The van der Waals surface area contributed by atoms with Crippen LogP contribution in [0.15, 0.2) is 18.3 Å². The summed E-state index contributed by atoms with van der Waals surface area (Å²) in [4.78, 5) is 0. The van der Waals surface area contributed by atoms with E-state index in [4.69, 9.17) is 5.26 Å². The molecule has 0 aliphatic rings. The molecule has 13 heavy (non-hydrogen) atoms. The predicted molar refractivity (Wildman–Crippen MR) is 53.7 cm³/mol. The summed E-state index contributed by atoms with van der Waals surface area (Å²) >= 11 is 1.40. The number of nitrogens with zero attached hydrogens (tertiary/aromatic N) is 2. The van der Waals surface area contributed by atoms with E-state index in [-0.39, 0.29) is 0 Å². The predicted octanol–water partition coefficient (Wildman–Crippen LogP) is 2.73. The van der Waals surface area contributed by atoms with Crippen molar-refractivity contribution >= 4 is 21.6 Å². The Morgan fingerprint density at radius 1 is 1.54 bits per heavy atom. The van der Waals surface area contributed by atoms with Gasteiger partial charge in [-0.3, -0.25) is 0 Å². The van der Waals surface area contributed by atoms with Gasteiger partial charge in [-0.1, -0.05) is 13.0 Å². The van der Waals surface area contributed by atoms with E-state index in [9.17, 15) is 0 Å². The van der Waals surface area contributed by atoms with Gasteiger partial charge < -0.3 is 0 Å². The summed E-state index contributed by atoms with van der Waals surface area (Å²) < 4.78 is 5.12. The zero-order valence-electron chi connectivity index (χ0n) is 7.24. The molecule has 2 nitrogen and oxygen atoms in total. The minimum Gasteiger partial charge on any atom is -0.200 e. The Kier molecular flexibility index (Phi) is 1.99. The lowest BCUT2D eigenvalue weighted by atomic mass is 10.1. The second kappa shape index (κ2) is 3.15. The number of fused-ring (bicyclic) bond motifs is 1. The number of aryl methyl sites for hydroxylation is 1. The summed E-state index contributed by atoms with van der Waals surface area (Å²) in [6.45, 7) is 2.11. The van der Waals surface area contributed by atoms with Crippen molar-refractivity contribution in [3.05, 3.63) is 29.5 Å². The number of benzene rings is 1. The van der Waals surface area contributed by atoms with Gasteiger partial charge in [0.25, 0.3) is 0 Å². The Morgan fingerprint density at radius 3 is 3.08 bits per heavy atom. The first-order valence-corrected chi connectivity index (χ1v) is 4.90. The Bertz CT molecular complexity index is 479. The average Bonchev–Trinajstić information content (AvgIpc) is 2.64. The molecule has 1 aromatic heterocycles. The minimum atomic E-state index is 0.731. The lowest BCUT2D eigenvalue weighted by Gasteiger charge is -1.98. The van der Waals surface area contributed by atoms with Crippen LogP contribution in [0, 0.1) is 11.3 Å². The normalized spacial score (nSPS) is 10.2. The minimum absolute atomic E-state index is 0.731. The molecule has 64 valence electrons.